The maximum absolute atomic E-state index is 8.76. The molecule has 0 aromatic carbocycles. The Bertz CT molecular complexity index is 350. The molecule has 0 unspecified atom stereocenters. The monoisotopic (exact) mass is 389 g/mol. The molecule has 1 aliphatic carbocycles. The summed E-state index contributed by atoms with van der Waals surface area (Å²) in [6.45, 7) is 10.4. The summed E-state index contributed by atoms with van der Waals surface area (Å²) in [5.74, 6) is 0. The van der Waals surface area contributed by atoms with Crippen LogP contribution < -0.4 is 59.1 Å². The van der Waals surface area contributed by atoms with E-state index in [0.29, 0.717) is 10.8 Å². The Kier molecular flexibility index (Phi) is 22.2. The zero-order valence-electron chi connectivity index (χ0n) is 14.7. The van der Waals surface area contributed by atoms with Gasteiger partial charge in [0.25, 0.3) is 0 Å². The van der Waals surface area contributed by atoms with Gasteiger partial charge in [-0.3, -0.25) is 0 Å². The molecular weight excluding hydrogens is 364 g/mol. The van der Waals surface area contributed by atoms with Gasteiger partial charge in [0.05, 0.1) is 0 Å². The van der Waals surface area contributed by atoms with E-state index in [1.165, 1.54) is 18.6 Å². The van der Waals surface area contributed by atoms with E-state index in [-0.39, 0.29) is 59.1 Å². The third kappa shape index (κ3) is 26.0. The predicted octanol–water partition coefficient (Wildman–Crippen LogP) is -3.05. The molecule has 0 spiro atoms. The molecule has 11 heteroatoms. The molecule has 0 bridgehead atoms. The van der Waals surface area contributed by atoms with Gasteiger partial charge >= 0.3 is 75.6 Å². The summed E-state index contributed by atoms with van der Waals surface area (Å²) in [5.41, 5.74) is 2.15. The van der Waals surface area contributed by atoms with Gasteiger partial charge in [-0.1, -0.05) is 40.5 Å². The number of hydrogen-bond donors (Lipinski definition) is 5. The van der Waals surface area contributed by atoms with E-state index in [4.69, 9.17) is 33.8 Å². The molecule has 0 aliphatic heterocycles. The van der Waals surface area contributed by atoms with Gasteiger partial charge in [-0.05, 0) is 17.3 Å². The van der Waals surface area contributed by atoms with E-state index < -0.39 is 16.5 Å². The fourth-order valence-electron chi connectivity index (χ4n) is 2.94. The van der Waals surface area contributed by atoms with Gasteiger partial charge in [0.15, 0.2) is 0 Å². The molecule has 0 atom stereocenters. The molecule has 124 valence electrons. The second-order valence-corrected chi connectivity index (χ2v) is 7.35. The van der Waals surface area contributed by atoms with Crippen molar-refractivity contribution in [2.75, 3.05) is 0 Å². The van der Waals surface area contributed by atoms with Gasteiger partial charge in [0.2, 0.25) is 0 Å². The third-order valence-corrected chi connectivity index (χ3v) is 2.68. The zero-order valence-corrected chi connectivity index (χ0v) is 20.5. The average Bonchev–Trinajstić information content (AvgIpc) is 2.09. The zero-order chi connectivity index (χ0) is 17.3. The van der Waals surface area contributed by atoms with Gasteiger partial charge in [-0.15, -0.1) is 26.2 Å². The van der Waals surface area contributed by atoms with Crippen molar-refractivity contribution in [1.82, 2.24) is 0 Å². The van der Waals surface area contributed by atoms with Gasteiger partial charge < -0.3 is 5.11 Å². The van der Waals surface area contributed by atoms with Crippen molar-refractivity contribution in [3.8, 4) is 0 Å². The smallest absolute Gasteiger partial charge is 0.458 e. The van der Waals surface area contributed by atoms with Crippen LogP contribution in [0.5, 0.6) is 0 Å². The number of aliphatic hydroxyl groups is 1. The summed E-state index contributed by atoms with van der Waals surface area (Å²) >= 11 is 0. The van der Waals surface area contributed by atoms with Gasteiger partial charge in [-0.2, -0.15) is 0 Å². The van der Waals surface area contributed by atoms with E-state index in [2.05, 4.69) is 27.7 Å². The molecular formula is C12H25Na2O7P2+3. The minimum absolute atomic E-state index is 0. The van der Waals surface area contributed by atoms with Crippen LogP contribution in [0, 0.1) is 17.4 Å². The quantitative estimate of drug-likeness (QED) is 0.183. The van der Waals surface area contributed by atoms with Crippen molar-refractivity contribution in [2.45, 2.75) is 47.0 Å². The molecule has 0 aromatic heterocycles. The van der Waals surface area contributed by atoms with Crippen LogP contribution in [-0.2, 0) is 9.13 Å². The van der Waals surface area contributed by atoms with E-state index in [1.54, 1.807) is 0 Å². The maximum Gasteiger partial charge on any atom is 1.00 e. The minimum Gasteiger partial charge on any atom is -0.458 e. The Morgan fingerprint density at radius 3 is 1.39 bits per heavy atom. The second-order valence-electron chi connectivity index (χ2n) is 6.34. The van der Waals surface area contributed by atoms with Gasteiger partial charge in [0.1, 0.15) is 0 Å². The molecule has 1 rings (SSSR count). The van der Waals surface area contributed by atoms with Gasteiger partial charge in [-0.25, -0.2) is 11.6 Å². The van der Waals surface area contributed by atoms with Gasteiger partial charge in [0, 0.05) is 9.13 Å². The Morgan fingerprint density at radius 1 is 0.913 bits per heavy atom. The summed E-state index contributed by atoms with van der Waals surface area (Å²) < 4.78 is 17.4. The normalized spacial score (nSPS) is 16.7. The van der Waals surface area contributed by atoms with Crippen molar-refractivity contribution >= 4 is 16.5 Å². The van der Waals surface area contributed by atoms with E-state index in [0.717, 1.165) is 12.8 Å². The molecule has 1 aliphatic rings. The second kappa shape index (κ2) is 15.8. The van der Waals surface area contributed by atoms with Crippen molar-refractivity contribution in [3.05, 3.63) is 18.3 Å². The van der Waals surface area contributed by atoms with E-state index in [1.807, 2.05) is 6.08 Å². The largest absolute Gasteiger partial charge is 1.00 e. The number of rotatable bonds is 1. The molecule has 5 N–H and O–H groups in total. The summed E-state index contributed by atoms with van der Waals surface area (Å²) in [6.07, 6.45) is 5.37. The predicted molar refractivity (Wildman–Crippen MR) is 79.8 cm³/mol. The van der Waals surface area contributed by atoms with Crippen LogP contribution in [0.3, 0.4) is 0 Å². The summed E-state index contributed by atoms with van der Waals surface area (Å²) in [6, 6.07) is 0. The van der Waals surface area contributed by atoms with Crippen molar-refractivity contribution in [3.63, 3.8) is 0 Å². The number of allylic oxidation sites excluding steroid dienone is 1. The Hall–Kier alpha value is 1.61. The first kappa shape index (κ1) is 32.3. The molecule has 0 radical (unpaired) electrons. The molecule has 1 fully saturated rings. The molecule has 0 amide bonds. The molecule has 0 aromatic rings. The fraction of sp³-hybridized carbons (Fsp3) is 0.750. The van der Waals surface area contributed by atoms with Crippen LogP contribution in [0.2, 0.25) is 0 Å². The average molecular weight is 389 g/mol. The first-order valence-electron chi connectivity index (χ1n) is 6.17. The maximum atomic E-state index is 8.76. The van der Waals surface area contributed by atoms with Crippen LogP contribution in [0.1, 0.15) is 47.0 Å². The van der Waals surface area contributed by atoms with E-state index >= 15 is 0 Å². The fourth-order valence-corrected chi connectivity index (χ4v) is 2.94. The number of hydrogen-bond acceptors (Lipinski definition) is 3. The van der Waals surface area contributed by atoms with Crippen LogP contribution >= 0.6 is 16.5 Å². The van der Waals surface area contributed by atoms with Crippen molar-refractivity contribution in [1.29, 1.82) is 0 Å². The van der Waals surface area contributed by atoms with Crippen LogP contribution in [-0.4, -0.2) is 24.7 Å². The molecule has 1 saturated carbocycles. The third-order valence-electron chi connectivity index (χ3n) is 2.68. The van der Waals surface area contributed by atoms with Crippen LogP contribution in [0.15, 0.2) is 11.6 Å². The Labute approximate surface area is 184 Å². The molecule has 7 nitrogen and oxygen atoms in total. The minimum atomic E-state index is -2.87. The first-order chi connectivity index (χ1) is 9.31. The summed E-state index contributed by atoms with van der Waals surface area (Å²) in [4.78, 5) is 28.5. The summed E-state index contributed by atoms with van der Waals surface area (Å²) in [7, 11) is -5.74. The topological polar surface area (TPSA) is 135 Å². The molecule has 23 heavy (non-hydrogen) atoms. The van der Waals surface area contributed by atoms with E-state index in [9.17, 15) is 0 Å². The Morgan fingerprint density at radius 2 is 1.17 bits per heavy atom. The molecule has 0 heterocycles. The first-order valence-corrected chi connectivity index (χ1v) is 8.50. The van der Waals surface area contributed by atoms with Crippen LogP contribution in [0.4, 0.5) is 0 Å². The Balaban J connectivity index is -0.000000153. The SMILES string of the molecule is CC1(C)CC(=C[CH-]O)CC(C)(C)C1.O=[P+](O)O.O=[P+](O)O.[Na+].[Na+]. The number of aliphatic hydroxyl groups excluding tert-OH is 1. The standard InChI is InChI=1S/C12H21O.2Na.2HO3P/c1-11(2)7-10(5-6-13)8-12(3,4)9-11;;;2*1-4(2)3/h5-6,13H,7-9H2,1-4H3;;;2*(H-,1,2,3)/q-1;2*+1;;/p+2. The van der Waals surface area contributed by atoms with Crippen LogP contribution in [0.25, 0.3) is 0 Å². The molecule has 0 saturated heterocycles. The van der Waals surface area contributed by atoms with Crippen molar-refractivity contribution < 1.29 is 92.9 Å². The summed E-state index contributed by atoms with van der Waals surface area (Å²) in [5, 5.41) is 8.76. The van der Waals surface area contributed by atoms with Crippen molar-refractivity contribution in [2.24, 2.45) is 10.8 Å².